The summed E-state index contributed by atoms with van der Waals surface area (Å²) in [5.74, 6) is 0.281. The number of benzene rings is 1. The van der Waals surface area contributed by atoms with E-state index in [1.54, 1.807) is 12.3 Å². The molecular formula is C15H14Cl2N2O2. The molecule has 0 fully saturated rings. The number of nitrogens with zero attached hydrogens (tertiary/aromatic N) is 1. The van der Waals surface area contributed by atoms with Crippen molar-refractivity contribution in [2.24, 2.45) is 0 Å². The summed E-state index contributed by atoms with van der Waals surface area (Å²) in [6.07, 6.45) is 3.02. The Morgan fingerprint density at radius 2 is 1.76 bits per heavy atom. The Bertz CT molecular complexity index is 664. The largest absolute Gasteiger partial charge is 0.489 e. The Balaban J connectivity index is 2.36. The number of hydrogen-bond donors (Lipinski definition) is 1. The van der Waals surface area contributed by atoms with Crippen LogP contribution >= 0.6 is 23.2 Å². The van der Waals surface area contributed by atoms with Crippen LogP contribution in [0, 0.1) is 0 Å². The number of hydrogen-bond acceptors (Lipinski definition) is 4. The number of rotatable bonds is 4. The van der Waals surface area contributed by atoms with Gasteiger partial charge in [0, 0.05) is 17.3 Å². The van der Waals surface area contributed by atoms with Crippen LogP contribution < -0.4 is 10.5 Å². The number of anilines is 1. The van der Waals surface area contributed by atoms with Crippen LogP contribution in [-0.2, 0) is 0 Å². The second kappa shape index (κ2) is 6.33. The molecule has 1 aromatic heterocycles. The Labute approximate surface area is 132 Å². The Morgan fingerprint density at radius 3 is 2.33 bits per heavy atom. The smallest absolute Gasteiger partial charge is 0.194 e. The van der Waals surface area contributed by atoms with E-state index < -0.39 is 0 Å². The molecule has 0 amide bonds. The molecule has 0 aliphatic rings. The normalized spacial score (nSPS) is 10.7. The zero-order valence-electron chi connectivity index (χ0n) is 11.6. The van der Waals surface area contributed by atoms with Crippen molar-refractivity contribution in [2.45, 2.75) is 20.0 Å². The zero-order chi connectivity index (χ0) is 15.6. The summed E-state index contributed by atoms with van der Waals surface area (Å²) in [6.45, 7) is 3.79. The van der Waals surface area contributed by atoms with Crippen molar-refractivity contribution in [3.05, 3.63) is 51.8 Å². The second-order valence-corrected chi connectivity index (χ2v) is 5.57. The number of carbonyl (C=O) groups is 1. The summed E-state index contributed by atoms with van der Waals surface area (Å²) in [7, 11) is 0. The summed E-state index contributed by atoms with van der Waals surface area (Å²) in [6, 6.07) is 4.61. The van der Waals surface area contributed by atoms with Gasteiger partial charge in [0.2, 0.25) is 0 Å². The molecule has 0 aliphatic carbocycles. The highest BCUT2D eigenvalue weighted by Gasteiger charge is 2.14. The van der Waals surface area contributed by atoms with E-state index in [1.807, 2.05) is 13.8 Å². The van der Waals surface area contributed by atoms with Gasteiger partial charge in [0.15, 0.2) is 5.78 Å². The fraction of sp³-hybridized carbons (Fsp3) is 0.200. The highest BCUT2D eigenvalue weighted by atomic mass is 35.5. The van der Waals surface area contributed by atoms with E-state index in [1.165, 1.54) is 18.3 Å². The molecule has 1 heterocycles. The molecule has 2 aromatic rings. The van der Waals surface area contributed by atoms with Crippen LogP contribution in [0.4, 0.5) is 5.69 Å². The van der Waals surface area contributed by atoms with Crippen molar-refractivity contribution in [3.63, 3.8) is 0 Å². The lowest BCUT2D eigenvalue weighted by Crippen LogP contribution is -2.08. The molecule has 21 heavy (non-hydrogen) atoms. The van der Waals surface area contributed by atoms with Gasteiger partial charge < -0.3 is 10.5 Å². The van der Waals surface area contributed by atoms with Crippen LogP contribution in [0.2, 0.25) is 10.0 Å². The van der Waals surface area contributed by atoms with Crippen LogP contribution in [0.1, 0.15) is 29.8 Å². The van der Waals surface area contributed by atoms with Gasteiger partial charge in [0.05, 0.1) is 28.0 Å². The van der Waals surface area contributed by atoms with E-state index in [0.717, 1.165) is 0 Å². The summed E-state index contributed by atoms with van der Waals surface area (Å²) in [4.78, 5) is 16.5. The predicted octanol–water partition coefficient (Wildman–Crippen LogP) is 3.99. The SMILES string of the molecule is CC(C)Oc1cncc(C(=O)c2cc(Cl)c(N)c(Cl)c2)c1. The lowest BCUT2D eigenvalue weighted by molar-refractivity contribution is 0.103. The van der Waals surface area contributed by atoms with Crippen molar-refractivity contribution < 1.29 is 9.53 Å². The molecule has 0 saturated carbocycles. The van der Waals surface area contributed by atoms with Crippen LogP contribution in [-0.4, -0.2) is 16.9 Å². The van der Waals surface area contributed by atoms with E-state index in [2.05, 4.69) is 4.98 Å². The maximum Gasteiger partial charge on any atom is 0.194 e. The third kappa shape index (κ3) is 3.65. The van der Waals surface area contributed by atoms with Crippen molar-refractivity contribution >= 4 is 34.7 Å². The predicted molar refractivity (Wildman–Crippen MR) is 84.3 cm³/mol. The van der Waals surface area contributed by atoms with E-state index in [9.17, 15) is 4.79 Å². The molecule has 6 heteroatoms. The average molecular weight is 325 g/mol. The highest BCUT2D eigenvalue weighted by molar-refractivity contribution is 6.39. The molecule has 2 N–H and O–H groups in total. The van der Waals surface area contributed by atoms with Gasteiger partial charge in [-0.05, 0) is 32.0 Å². The minimum atomic E-state index is -0.250. The molecule has 0 aliphatic heterocycles. The van der Waals surface area contributed by atoms with Crippen molar-refractivity contribution in [2.75, 3.05) is 5.73 Å². The van der Waals surface area contributed by atoms with Gasteiger partial charge in [-0.15, -0.1) is 0 Å². The van der Waals surface area contributed by atoms with Gasteiger partial charge in [-0.1, -0.05) is 23.2 Å². The molecule has 2 rings (SSSR count). The number of ether oxygens (including phenoxy) is 1. The topological polar surface area (TPSA) is 65.2 Å². The van der Waals surface area contributed by atoms with Crippen LogP contribution in [0.5, 0.6) is 5.75 Å². The van der Waals surface area contributed by atoms with Crippen molar-refractivity contribution in [1.29, 1.82) is 0 Å². The fourth-order valence-electron chi connectivity index (χ4n) is 1.76. The lowest BCUT2D eigenvalue weighted by Gasteiger charge is -2.10. The molecule has 0 saturated heterocycles. The summed E-state index contributed by atoms with van der Waals surface area (Å²) < 4.78 is 5.52. The maximum atomic E-state index is 12.4. The van der Waals surface area contributed by atoms with Gasteiger partial charge in [-0.2, -0.15) is 0 Å². The number of ketones is 1. The Kier molecular flexibility index (Phi) is 4.70. The van der Waals surface area contributed by atoms with Crippen molar-refractivity contribution in [3.8, 4) is 5.75 Å². The third-order valence-corrected chi connectivity index (χ3v) is 3.31. The molecule has 110 valence electrons. The van der Waals surface area contributed by atoms with Crippen molar-refractivity contribution in [1.82, 2.24) is 4.98 Å². The molecule has 0 atom stereocenters. The van der Waals surface area contributed by atoms with Gasteiger partial charge in [0.1, 0.15) is 5.75 Å². The number of nitrogen functional groups attached to an aromatic ring is 1. The van der Waals surface area contributed by atoms with Gasteiger partial charge >= 0.3 is 0 Å². The first kappa shape index (κ1) is 15.6. The first-order chi connectivity index (χ1) is 9.88. The summed E-state index contributed by atoms with van der Waals surface area (Å²) in [5, 5.41) is 0.488. The van der Waals surface area contributed by atoms with E-state index in [0.29, 0.717) is 16.9 Å². The molecular weight excluding hydrogens is 311 g/mol. The quantitative estimate of drug-likeness (QED) is 0.682. The zero-order valence-corrected chi connectivity index (χ0v) is 13.1. The standard InChI is InChI=1S/C15H14Cl2N2O2/c1-8(2)21-11-3-10(6-19-7-11)15(20)9-4-12(16)14(18)13(17)5-9/h3-8H,18H2,1-2H3. The van der Waals surface area contributed by atoms with Gasteiger partial charge in [-0.25, -0.2) is 0 Å². The number of carbonyl (C=O) groups excluding carboxylic acids is 1. The van der Waals surface area contributed by atoms with Crippen LogP contribution in [0.3, 0.4) is 0 Å². The minimum absolute atomic E-state index is 0.00226. The molecule has 4 nitrogen and oxygen atoms in total. The number of aromatic nitrogens is 1. The average Bonchev–Trinajstić information content (AvgIpc) is 2.43. The first-order valence-electron chi connectivity index (χ1n) is 6.29. The Morgan fingerprint density at radius 1 is 1.14 bits per heavy atom. The van der Waals surface area contributed by atoms with E-state index >= 15 is 0 Å². The molecule has 0 radical (unpaired) electrons. The summed E-state index contributed by atoms with van der Waals surface area (Å²) in [5.41, 5.74) is 6.66. The molecule has 0 bridgehead atoms. The molecule has 0 spiro atoms. The second-order valence-electron chi connectivity index (χ2n) is 4.76. The highest BCUT2D eigenvalue weighted by Crippen LogP contribution is 2.30. The number of halogens is 2. The van der Waals surface area contributed by atoms with Crippen LogP contribution in [0.25, 0.3) is 0 Å². The molecule has 0 unspecified atom stereocenters. The number of nitrogens with two attached hydrogens (primary N) is 1. The lowest BCUT2D eigenvalue weighted by atomic mass is 10.0. The third-order valence-electron chi connectivity index (χ3n) is 2.69. The summed E-state index contributed by atoms with van der Waals surface area (Å²) >= 11 is 11.9. The van der Waals surface area contributed by atoms with Gasteiger partial charge in [0.25, 0.3) is 0 Å². The van der Waals surface area contributed by atoms with E-state index in [4.69, 9.17) is 33.7 Å². The maximum absolute atomic E-state index is 12.4. The molecule has 1 aromatic carbocycles. The van der Waals surface area contributed by atoms with Gasteiger partial charge in [-0.3, -0.25) is 9.78 Å². The fourth-order valence-corrected chi connectivity index (χ4v) is 2.25. The van der Waals surface area contributed by atoms with Crippen LogP contribution in [0.15, 0.2) is 30.6 Å². The monoisotopic (exact) mass is 324 g/mol. The first-order valence-corrected chi connectivity index (χ1v) is 7.05. The van der Waals surface area contributed by atoms with E-state index in [-0.39, 0.29) is 27.6 Å². The minimum Gasteiger partial charge on any atom is -0.489 e. The number of pyridine rings is 1. The Hall–Kier alpha value is -1.78.